The molecule has 1 atom stereocenters. The number of nitrogens with two attached hydrogens (primary N) is 1. The molecule has 0 radical (unpaired) electrons. The first-order chi connectivity index (χ1) is 7.72. The number of aromatic nitrogens is 2. The molecule has 1 heterocycles. The quantitative estimate of drug-likeness (QED) is 0.775. The van der Waals surface area contributed by atoms with Gasteiger partial charge in [-0.05, 0) is 25.7 Å². The molecule has 16 heavy (non-hydrogen) atoms. The van der Waals surface area contributed by atoms with E-state index in [1.807, 2.05) is 6.92 Å². The fourth-order valence-electron chi connectivity index (χ4n) is 1.78. The third kappa shape index (κ3) is 2.61. The van der Waals surface area contributed by atoms with Crippen LogP contribution in [0.1, 0.15) is 18.7 Å². The number of nitrogens with one attached hydrogen (secondary N) is 1. The molecule has 1 aliphatic carbocycles. The molecule has 1 aliphatic rings. The van der Waals surface area contributed by atoms with E-state index in [9.17, 15) is 0 Å². The highest BCUT2D eigenvalue weighted by molar-refractivity contribution is 5.40. The van der Waals surface area contributed by atoms with Crippen molar-refractivity contribution in [2.45, 2.75) is 25.8 Å². The first-order valence-electron chi connectivity index (χ1n) is 5.59. The Hall–Kier alpha value is -1.36. The van der Waals surface area contributed by atoms with Crippen LogP contribution in [0.25, 0.3) is 0 Å². The molecule has 3 N–H and O–H groups in total. The van der Waals surface area contributed by atoms with Crippen LogP contribution in [0, 0.1) is 12.8 Å². The van der Waals surface area contributed by atoms with Gasteiger partial charge in [-0.2, -0.15) is 4.98 Å². The highest BCUT2D eigenvalue weighted by Gasteiger charge is 2.30. The molecular formula is C11H18N4O. The summed E-state index contributed by atoms with van der Waals surface area (Å²) in [6, 6.07) is 2.12. The zero-order chi connectivity index (χ0) is 11.5. The van der Waals surface area contributed by atoms with Gasteiger partial charge in [0.25, 0.3) is 0 Å². The van der Waals surface area contributed by atoms with Crippen molar-refractivity contribution in [2.75, 3.05) is 19.0 Å². The number of aryl methyl sites for hydroxylation is 1. The second-order valence-corrected chi connectivity index (χ2v) is 4.17. The van der Waals surface area contributed by atoms with Crippen LogP contribution in [0.15, 0.2) is 6.07 Å². The standard InChI is InChI=1S/C11H18N4O/c1-7-13-10(5-11(14-7)16-2)15-9(6-12)8-3-4-8/h5,8-9H,3-4,6,12H2,1-2H3,(H,13,14,15). The molecule has 2 rings (SSSR count). The van der Waals surface area contributed by atoms with Gasteiger partial charge in [-0.15, -0.1) is 0 Å². The van der Waals surface area contributed by atoms with Gasteiger partial charge in [0.2, 0.25) is 5.88 Å². The number of hydrogen-bond acceptors (Lipinski definition) is 5. The summed E-state index contributed by atoms with van der Waals surface area (Å²) in [5.41, 5.74) is 5.73. The third-order valence-corrected chi connectivity index (χ3v) is 2.80. The van der Waals surface area contributed by atoms with Gasteiger partial charge < -0.3 is 15.8 Å². The van der Waals surface area contributed by atoms with Gasteiger partial charge in [0.1, 0.15) is 11.6 Å². The second-order valence-electron chi connectivity index (χ2n) is 4.17. The summed E-state index contributed by atoms with van der Waals surface area (Å²) in [5.74, 6) is 2.79. The van der Waals surface area contributed by atoms with Crippen molar-refractivity contribution in [2.24, 2.45) is 11.7 Å². The summed E-state index contributed by atoms with van der Waals surface area (Å²) >= 11 is 0. The maximum absolute atomic E-state index is 5.73. The van der Waals surface area contributed by atoms with E-state index >= 15 is 0 Å². The van der Waals surface area contributed by atoms with E-state index in [2.05, 4.69) is 15.3 Å². The van der Waals surface area contributed by atoms with Crippen LogP contribution in [0.4, 0.5) is 5.82 Å². The molecule has 0 aliphatic heterocycles. The Kier molecular flexibility index (Phi) is 3.24. The van der Waals surface area contributed by atoms with Crippen molar-refractivity contribution in [3.05, 3.63) is 11.9 Å². The number of methoxy groups -OCH3 is 1. The summed E-state index contributed by atoms with van der Waals surface area (Å²) in [6.45, 7) is 2.48. The first-order valence-corrected chi connectivity index (χ1v) is 5.59. The van der Waals surface area contributed by atoms with Crippen molar-refractivity contribution in [3.8, 4) is 5.88 Å². The minimum atomic E-state index is 0.319. The Morgan fingerprint density at radius 2 is 2.31 bits per heavy atom. The van der Waals surface area contributed by atoms with Gasteiger partial charge in [-0.3, -0.25) is 0 Å². The molecule has 0 bridgehead atoms. The Morgan fingerprint density at radius 1 is 1.56 bits per heavy atom. The van der Waals surface area contributed by atoms with E-state index in [4.69, 9.17) is 10.5 Å². The van der Waals surface area contributed by atoms with E-state index in [-0.39, 0.29) is 0 Å². The molecule has 0 saturated heterocycles. The van der Waals surface area contributed by atoms with Crippen LogP contribution >= 0.6 is 0 Å². The van der Waals surface area contributed by atoms with Gasteiger partial charge in [0.05, 0.1) is 7.11 Å². The zero-order valence-electron chi connectivity index (χ0n) is 9.73. The topological polar surface area (TPSA) is 73.1 Å². The van der Waals surface area contributed by atoms with Gasteiger partial charge in [0.15, 0.2) is 0 Å². The van der Waals surface area contributed by atoms with Crippen LogP contribution < -0.4 is 15.8 Å². The molecule has 1 aromatic heterocycles. The van der Waals surface area contributed by atoms with Crippen molar-refractivity contribution in [1.82, 2.24) is 9.97 Å². The van der Waals surface area contributed by atoms with Gasteiger partial charge in [-0.1, -0.05) is 0 Å². The minimum absolute atomic E-state index is 0.319. The van der Waals surface area contributed by atoms with E-state index in [0.717, 1.165) is 5.82 Å². The van der Waals surface area contributed by atoms with E-state index in [0.29, 0.717) is 30.2 Å². The molecule has 1 saturated carbocycles. The summed E-state index contributed by atoms with van der Waals surface area (Å²) in [6.07, 6.45) is 2.52. The van der Waals surface area contributed by atoms with Crippen molar-refractivity contribution in [3.63, 3.8) is 0 Å². The van der Waals surface area contributed by atoms with Crippen LogP contribution in [0.2, 0.25) is 0 Å². The Balaban J connectivity index is 2.09. The average Bonchev–Trinajstić information content (AvgIpc) is 3.09. The molecule has 0 spiro atoms. The maximum Gasteiger partial charge on any atom is 0.218 e. The number of hydrogen-bond donors (Lipinski definition) is 2. The average molecular weight is 222 g/mol. The van der Waals surface area contributed by atoms with Gasteiger partial charge in [0, 0.05) is 18.7 Å². The number of nitrogens with zero attached hydrogens (tertiary/aromatic N) is 2. The fraction of sp³-hybridized carbons (Fsp3) is 0.636. The SMILES string of the molecule is COc1cc(NC(CN)C2CC2)nc(C)n1. The Bertz CT molecular complexity index is 365. The lowest BCUT2D eigenvalue weighted by molar-refractivity contribution is 0.395. The second kappa shape index (κ2) is 4.65. The van der Waals surface area contributed by atoms with Gasteiger partial charge >= 0.3 is 0 Å². The smallest absolute Gasteiger partial charge is 0.218 e. The Labute approximate surface area is 95.4 Å². The maximum atomic E-state index is 5.73. The monoisotopic (exact) mass is 222 g/mol. The van der Waals surface area contributed by atoms with Crippen LogP contribution in [-0.2, 0) is 0 Å². The first kappa shape index (κ1) is 11.1. The predicted molar refractivity (Wildman–Crippen MR) is 62.5 cm³/mol. The molecule has 1 aromatic rings. The summed E-state index contributed by atoms with van der Waals surface area (Å²) in [7, 11) is 1.60. The highest BCUT2D eigenvalue weighted by Crippen LogP contribution is 2.33. The van der Waals surface area contributed by atoms with Gasteiger partial charge in [-0.25, -0.2) is 4.98 Å². The summed E-state index contributed by atoms with van der Waals surface area (Å²) < 4.78 is 5.10. The lowest BCUT2D eigenvalue weighted by atomic mass is 10.2. The molecule has 5 nitrogen and oxygen atoms in total. The molecule has 0 aromatic carbocycles. The van der Waals surface area contributed by atoms with Crippen LogP contribution in [0.5, 0.6) is 5.88 Å². The normalized spacial score (nSPS) is 16.9. The summed E-state index contributed by atoms with van der Waals surface area (Å²) in [4.78, 5) is 8.46. The molecule has 1 unspecified atom stereocenters. The molecule has 5 heteroatoms. The van der Waals surface area contributed by atoms with E-state index in [1.165, 1.54) is 12.8 Å². The van der Waals surface area contributed by atoms with Crippen LogP contribution in [0.3, 0.4) is 0 Å². The van der Waals surface area contributed by atoms with Crippen molar-refractivity contribution < 1.29 is 4.74 Å². The van der Waals surface area contributed by atoms with Crippen molar-refractivity contribution in [1.29, 1.82) is 0 Å². The van der Waals surface area contributed by atoms with Crippen molar-refractivity contribution >= 4 is 5.82 Å². The summed E-state index contributed by atoms with van der Waals surface area (Å²) in [5, 5.41) is 3.35. The zero-order valence-corrected chi connectivity index (χ0v) is 9.73. The van der Waals surface area contributed by atoms with Crippen LogP contribution in [-0.4, -0.2) is 29.7 Å². The minimum Gasteiger partial charge on any atom is -0.481 e. The predicted octanol–water partition coefficient (Wildman–Crippen LogP) is 0.943. The molecule has 1 fully saturated rings. The number of rotatable bonds is 5. The van der Waals surface area contributed by atoms with E-state index in [1.54, 1.807) is 13.2 Å². The number of anilines is 1. The Morgan fingerprint density at radius 3 is 2.88 bits per heavy atom. The lowest BCUT2D eigenvalue weighted by Gasteiger charge is -2.17. The molecular weight excluding hydrogens is 204 g/mol. The highest BCUT2D eigenvalue weighted by atomic mass is 16.5. The third-order valence-electron chi connectivity index (χ3n) is 2.80. The molecule has 0 amide bonds. The van der Waals surface area contributed by atoms with E-state index < -0.39 is 0 Å². The largest absolute Gasteiger partial charge is 0.481 e. The fourth-order valence-corrected chi connectivity index (χ4v) is 1.78. The molecule has 88 valence electrons. The number of ether oxygens (including phenoxy) is 1. The lowest BCUT2D eigenvalue weighted by Crippen LogP contribution is -2.31.